The van der Waals surface area contributed by atoms with Crippen molar-refractivity contribution in [2.24, 2.45) is 0 Å². The zero-order valence-electron chi connectivity index (χ0n) is 14.3. The Labute approximate surface area is 138 Å². The van der Waals surface area contributed by atoms with Crippen LogP contribution in [-0.2, 0) is 4.79 Å². The quantitative estimate of drug-likeness (QED) is 0.900. The summed E-state index contributed by atoms with van der Waals surface area (Å²) in [7, 11) is 0. The van der Waals surface area contributed by atoms with Gasteiger partial charge in [-0.05, 0) is 58.3 Å². The van der Waals surface area contributed by atoms with E-state index in [-0.39, 0.29) is 11.9 Å². The largest absolute Gasteiger partial charge is 0.325 e. The highest BCUT2D eigenvalue weighted by atomic mass is 16.2. The molecule has 0 bridgehead atoms. The molecule has 3 amide bonds. The Hall–Kier alpha value is -1.88. The highest BCUT2D eigenvalue weighted by molar-refractivity contribution is 6.03. The minimum absolute atomic E-state index is 0.242. The minimum Gasteiger partial charge on any atom is -0.307 e. The van der Waals surface area contributed by atoms with E-state index in [0.717, 1.165) is 42.7 Å². The Morgan fingerprint density at radius 2 is 1.74 bits per heavy atom. The lowest BCUT2D eigenvalue weighted by Crippen LogP contribution is -2.48. The fourth-order valence-corrected chi connectivity index (χ4v) is 2.97. The van der Waals surface area contributed by atoms with Crippen LogP contribution in [0.1, 0.15) is 43.7 Å². The Morgan fingerprint density at radius 3 is 2.35 bits per heavy atom. The standard InChI is InChI=1S/C18H27N3O2/c1-13-8-9-16(14(2)12-13)19-18(23)20-17(22)15(3)21-10-6-4-5-7-11-21/h8-9,12,15H,4-7,10-11H2,1-3H3,(H2,19,20,22,23)/t15-/m0/s1. The first-order valence-electron chi connectivity index (χ1n) is 8.40. The Kier molecular flexibility index (Phi) is 6.16. The molecule has 1 aliphatic heterocycles. The van der Waals surface area contributed by atoms with Crippen molar-refractivity contribution >= 4 is 17.6 Å². The van der Waals surface area contributed by atoms with Crippen molar-refractivity contribution in [2.75, 3.05) is 18.4 Å². The number of nitrogens with zero attached hydrogens (tertiary/aromatic N) is 1. The number of carbonyl (C=O) groups excluding carboxylic acids is 2. The smallest absolute Gasteiger partial charge is 0.307 e. The zero-order valence-corrected chi connectivity index (χ0v) is 14.3. The topological polar surface area (TPSA) is 61.4 Å². The molecule has 1 saturated heterocycles. The van der Waals surface area contributed by atoms with E-state index in [1.165, 1.54) is 12.8 Å². The van der Waals surface area contributed by atoms with Crippen LogP contribution in [0.2, 0.25) is 0 Å². The molecule has 1 aromatic carbocycles. The fourth-order valence-electron chi connectivity index (χ4n) is 2.97. The first-order valence-corrected chi connectivity index (χ1v) is 8.40. The number of benzene rings is 1. The van der Waals surface area contributed by atoms with Crippen molar-refractivity contribution in [3.8, 4) is 0 Å². The van der Waals surface area contributed by atoms with E-state index in [2.05, 4.69) is 15.5 Å². The maximum Gasteiger partial charge on any atom is 0.325 e. The highest BCUT2D eigenvalue weighted by Gasteiger charge is 2.23. The van der Waals surface area contributed by atoms with E-state index < -0.39 is 6.03 Å². The molecule has 5 heteroatoms. The number of hydrogen-bond donors (Lipinski definition) is 2. The molecule has 5 nitrogen and oxygen atoms in total. The molecule has 0 aromatic heterocycles. The number of carbonyl (C=O) groups is 2. The van der Waals surface area contributed by atoms with Gasteiger partial charge < -0.3 is 5.32 Å². The third-order valence-electron chi connectivity index (χ3n) is 4.43. The van der Waals surface area contributed by atoms with E-state index in [0.29, 0.717) is 0 Å². The summed E-state index contributed by atoms with van der Waals surface area (Å²) in [6, 6.07) is 5.04. The Balaban J connectivity index is 1.89. The molecule has 0 saturated carbocycles. The van der Waals surface area contributed by atoms with Crippen LogP contribution in [0, 0.1) is 13.8 Å². The maximum absolute atomic E-state index is 12.3. The van der Waals surface area contributed by atoms with Crippen LogP contribution in [0.3, 0.4) is 0 Å². The molecule has 0 aliphatic carbocycles. The summed E-state index contributed by atoms with van der Waals surface area (Å²) in [5.74, 6) is -0.242. The number of likely N-dealkylation sites (tertiary alicyclic amines) is 1. The van der Waals surface area contributed by atoms with Crippen LogP contribution in [0.5, 0.6) is 0 Å². The van der Waals surface area contributed by atoms with Crippen LogP contribution < -0.4 is 10.6 Å². The van der Waals surface area contributed by atoms with Gasteiger partial charge in [-0.15, -0.1) is 0 Å². The van der Waals surface area contributed by atoms with E-state index in [1.807, 2.05) is 39.0 Å². The lowest BCUT2D eigenvalue weighted by molar-refractivity contribution is -0.124. The van der Waals surface area contributed by atoms with Gasteiger partial charge in [-0.25, -0.2) is 4.79 Å². The van der Waals surface area contributed by atoms with Gasteiger partial charge >= 0.3 is 6.03 Å². The van der Waals surface area contributed by atoms with Crippen molar-refractivity contribution in [1.29, 1.82) is 0 Å². The summed E-state index contributed by atoms with van der Waals surface area (Å²) in [5, 5.41) is 5.21. The Bertz CT molecular complexity index is 563. The molecule has 126 valence electrons. The highest BCUT2D eigenvalue weighted by Crippen LogP contribution is 2.16. The van der Waals surface area contributed by atoms with Crippen LogP contribution in [-0.4, -0.2) is 36.0 Å². The molecule has 0 spiro atoms. The van der Waals surface area contributed by atoms with Gasteiger partial charge in [-0.1, -0.05) is 30.5 Å². The number of imide groups is 1. The predicted octanol–water partition coefficient (Wildman–Crippen LogP) is 3.22. The SMILES string of the molecule is Cc1ccc(NC(=O)NC(=O)[C@H](C)N2CCCCCC2)c(C)c1. The summed E-state index contributed by atoms with van der Waals surface area (Å²) < 4.78 is 0. The summed E-state index contributed by atoms with van der Waals surface area (Å²) in [6.07, 6.45) is 4.68. The monoisotopic (exact) mass is 317 g/mol. The molecule has 0 unspecified atom stereocenters. The minimum atomic E-state index is -0.469. The van der Waals surface area contributed by atoms with Crippen molar-refractivity contribution in [3.63, 3.8) is 0 Å². The van der Waals surface area contributed by atoms with Gasteiger partial charge in [0.25, 0.3) is 0 Å². The lowest BCUT2D eigenvalue weighted by atomic mass is 10.1. The first kappa shape index (κ1) is 17.5. The second-order valence-electron chi connectivity index (χ2n) is 6.39. The average molecular weight is 317 g/mol. The second kappa shape index (κ2) is 8.11. The summed E-state index contributed by atoms with van der Waals surface area (Å²) in [6.45, 7) is 7.65. The van der Waals surface area contributed by atoms with Crippen molar-refractivity contribution in [3.05, 3.63) is 29.3 Å². The van der Waals surface area contributed by atoms with Gasteiger partial charge in [0.2, 0.25) is 5.91 Å². The molecule has 0 radical (unpaired) electrons. The van der Waals surface area contributed by atoms with Crippen molar-refractivity contribution in [2.45, 2.75) is 52.5 Å². The summed E-state index contributed by atoms with van der Waals surface area (Å²) in [5.41, 5.74) is 2.84. The van der Waals surface area contributed by atoms with Gasteiger partial charge in [0.1, 0.15) is 0 Å². The van der Waals surface area contributed by atoms with E-state index in [9.17, 15) is 9.59 Å². The average Bonchev–Trinajstić information content (AvgIpc) is 2.78. The van der Waals surface area contributed by atoms with Crippen LogP contribution in [0.15, 0.2) is 18.2 Å². The molecular weight excluding hydrogens is 290 g/mol. The van der Waals surface area contributed by atoms with Gasteiger partial charge in [-0.2, -0.15) is 0 Å². The van der Waals surface area contributed by atoms with E-state index in [1.54, 1.807) is 0 Å². The van der Waals surface area contributed by atoms with Crippen LogP contribution in [0.25, 0.3) is 0 Å². The lowest BCUT2D eigenvalue weighted by Gasteiger charge is -2.26. The van der Waals surface area contributed by atoms with E-state index in [4.69, 9.17) is 0 Å². The molecule has 1 aliphatic rings. The normalized spacial score (nSPS) is 17.2. The van der Waals surface area contributed by atoms with Gasteiger partial charge in [0, 0.05) is 5.69 Å². The van der Waals surface area contributed by atoms with E-state index >= 15 is 0 Å². The van der Waals surface area contributed by atoms with Crippen molar-refractivity contribution < 1.29 is 9.59 Å². The first-order chi connectivity index (χ1) is 11.0. The Morgan fingerprint density at radius 1 is 1.09 bits per heavy atom. The molecular formula is C18H27N3O2. The molecule has 1 fully saturated rings. The number of aryl methyl sites for hydroxylation is 2. The van der Waals surface area contributed by atoms with Gasteiger partial charge in [0.15, 0.2) is 0 Å². The fraction of sp³-hybridized carbons (Fsp3) is 0.556. The van der Waals surface area contributed by atoms with Crippen molar-refractivity contribution in [1.82, 2.24) is 10.2 Å². The number of rotatable bonds is 3. The molecule has 1 atom stereocenters. The number of anilines is 1. The molecule has 1 heterocycles. The molecule has 23 heavy (non-hydrogen) atoms. The number of hydrogen-bond acceptors (Lipinski definition) is 3. The maximum atomic E-state index is 12.3. The second-order valence-corrected chi connectivity index (χ2v) is 6.39. The number of urea groups is 1. The number of amides is 3. The summed E-state index contributed by atoms with van der Waals surface area (Å²) in [4.78, 5) is 26.5. The van der Waals surface area contributed by atoms with Gasteiger partial charge in [-0.3, -0.25) is 15.0 Å². The number of nitrogens with one attached hydrogen (secondary N) is 2. The summed E-state index contributed by atoms with van der Waals surface area (Å²) >= 11 is 0. The predicted molar refractivity (Wildman–Crippen MR) is 92.6 cm³/mol. The molecule has 2 rings (SSSR count). The molecule has 1 aromatic rings. The van der Waals surface area contributed by atoms with Crippen LogP contribution in [0.4, 0.5) is 10.5 Å². The third-order valence-corrected chi connectivity index (χ3v) is 4.43. The van der Waals surface area contributed by atoms with Gasteiger partial charge in [0.05, 0.1) is 6.04 Å². The molecule has 2 N–H and O–H groups in total. The zero-order chi connectivity index (χ0) is 16.8. The van der Waals surface area contributed by atoms with Crippen LogP contribution >= 0.6 is 0 Å². The third kappa shape index (κ3) is 5.06.